The van der Waals surface area contributed by atoms with Crippen LogP contribution in [0.3, 0.4) is 0 Å². The number of fused-ring (bicyclic) bond motifs is 1. The molecule has 2 aromatic carbocycles. The second kappa shape index (κ2) is 13.2. The minimum Gasteiger partial charge on any atom is -0.469 e. The molecule has 2 fully saturated rings. The van der Waals surface area contributed by atoms with Gasteiger partial charge in [-0.05, 0) is 76.1 Å². The normalized spacial score (nSPS) is 20.7. The molecule has 1 aromatic heterocycles. The molecule has 1 aliphatic carbocycles. The number of anilines is 1. The first kappa shape index (κ1) is 31.2. The Bertz CT molecular complexity index is 1490. The number of nitrogens with zero attached hydrogens (tertiary/aromatic N) is 2. The molecular weight excluding hydrogens is 573 g/mol. The fraction of sp³-hybridized carbons (Fsp3) is 0.485. The average Bonchev–Trinajstić information content (AvgIpc) is 3.68. The Morgan fingerprint density at radius 2 is 1.77 bits per heavy atom. The summed E-state index contributed by atoms with van der Waals surface area (Å²) in [6.07, 6.45) is 4.72. The summed E-state index contributed by atoms with van der Waals surface area (Å²) in [7, 11) is 1.36. The van der Waals surface area contributed by atoms with Crippen LogP contribution in [0.4, 0.5) is 10.1 Å². The summed E-state index contributed by atoms with van der Waals surface area (Å²) in [5.74, 6) is -4.05. The summed E-state index contributed by atoms with van der Waals surface area (Å²) < 4.78 is 29.4. The van der Waals surface area contributed by atoms with Crippen molar-refractivity contribution >= 4 is 45.9 Å². The molecule has 1 saturated heterocycles. The Labute approximate surface area is 256 Å². The number of ether oxygens (including phenoxy) is 2. The Morgan fingerprint density at radius 1 is 1.07 bits per heavy atom. The van der Waals surface area contributed by atoms with Crippen LogP contribution in [0.5, 0.6) is 0 Å². The highest BCUT2D eigenvalue weighted by atomic mass is 35.5. The molecule has 1 aliphatic heterocycles. The lowest BCUT2D eigenvalue weighted by Crippen LogP contribution is -2.54. The minimum atomic E-state index is -2.57. The van der Waals surface area contributed by atoms with Gasteiger partial charge < -0.3 is 19.4 Å². The SMILES string of the molecule is COC(=O)C1CCC(OC(F)(C(=O)Cc2ccc(NC(=O)c3cn(C(C)C)c4ccccc34)c(Cl)c2)N2CCCC2)CC1. The molecular formula is C33H39ClFN3O5. The number of amides is 1. The number of benzene rings is 2. The maximum Gasteiger partial charge on any atom is 0.330 e. The highest BCUT2D eigenvalue weighted by Crippen LogP contribution is 2.35. The first-order valence-electron chi connectivity index (χ1n) is 15.0. The lowest BCUT2D eigenvalue weighted by Gasteiger charge is -2.37. The van der Waals surface area contributed by atoms with Crippen LogP contribution in [0.1, 0.15) is 74.3 Å². The van der Waals surface area contributed by atoms with Crippen LogP contribution in [-0.4, -0.2) is 59.4 Å². The van der Waals surface area contributed by atoms with Gasteiger partial charge in [0.05, 0.1) is 35.4 Å². The van der Waals surface area contributed by atoms with Crippen LogP contribution < -0.4 is 5.32 Å². The number of ketones is 1. The van der Waals surface area contributed by atoms with Crippen molar-refractivity contribution in [3.8, 4) is 0 Å². The zero-order chi connectivity index (χ0) is 30.7. The number of nitrogens with one attached hydrogen (secondary N) is 1. The average molecular weight is 612 g/mol. The van der Waals surface area contributed by atoms with Crippen LogP contribution in [-0.2, 0) is 25.5 Å². The molecule has 3 aromatic rings. The van der Waals surface area contributed by atoms with Crippen LogP contribution >= 0.6 is 11.6 Å². The Balaban J connectivity index is 1.28. The van der Waals surface area contributed by atoms with Crippen molar-refractivity contribution in [2.75, 3.05) is 25.5 Å². The van der Waals surface area contributed by atoms with Crippen molar-refractivity contribution in [2.45, 2.75) is 76.9 Å². The predicted molar refractivity (Wildman–Crippen MR) is 164 cm³/mol. The number of carbonyl (C=O) groups excluding carboxylic acids is 3. The summed E-state index contributed by atoms with van der Waals surface area (Å²) in [6.45, 7) is 4.97. The number of aromatic nitrogens is 1. The summed E-state index contributed by atoms with van der Waals surface area (Å²) in [5, 5.41) is 3.98. The monoisotopic (exact) mass is 611 g/mol. The molecule has 2 heterocycles. The van der Waals surface area contributed by atoms with E-state index in [1.807, 2.05) is 30.5 Å². The first-order chi connectivity index (χ1) is 20.6. The number of halogens is 2. The number of hydrogen-bond donors (Lipinski definition) is 1. The molecule has 43 heavy (non-hydrogen) atoms. The van der Waals surface area contributed by atoms with E-state index in [1.165, 1.54) is 12.0 Å². The second-order valence-corrected chi connectivity index (χ2v) is 12.2. The molecule has 0 spiro atoms. The standard InChI is InChI=1S/C33H39ClFN3O5/c1-21(2)38-20-26(25-8-4-5-9-29(25)38)31(40)36-28-15-10-22(18-27(28)34)19-30(39)33(35,37-16-6-7-17-37)43-24-13-11-23(12-14-24)32(41)42-3/h4-5,8-10,15,18,20-21,23-24H,6-7,11-14,16-17,19H2,1-3H3,(H,36,40). The van der Waals surface area contributed by atoms with Gasteiger partial charge in [0.1, 0.15) is 0 Å². The quantitative estimate of drug-likeness (QED) is 0.203. The fourth-order valence-corrected chi connectivity index (χ4v) is 6.44. The molecule has 1 saturated carbocycles. The largest absolute Gasteiger partial charge is 0.469 e. The van der Waals surface area contributed by atoms with E-state index in [0.29, 0.717) is 55.6 Å². The van der Waals surface area contributed by atoms with Crippen molar-refractivity contribution in [1.29, 1.82) is 0 Å². The number of alkyl halides is 1. The van der Waals surface area contributed by atoms with Crippen molar-refractivity contribution in [3.05, 3.63) is 64.8 Å². The second-order valence-electron chi connectivity index (χ2n) is 11.8. The number of esters is 1. The molecule has 1 unspecified atom stereocenters. The molecule has 230 valence electrons. The van der Waals surface area contributed by atoms with E-state index >= 15 is 4.39 Å². The van der Waals surface area contributed by atoms with Gasteiger partial charge in [0, 0.05) is 42.7 Å². The van der Waals surface area contributed by atoms with E-state index in [2.05, 4.69) is 23.7 Å². The number of para-hydroxylation sites is 1. The maximum atomic E-state index is 16.6. The van der Waals surface area contributed by atoms with Gasteiger partial charge in [-0.3, -0.25) is 14.4 Å². The zero-order valence-corrected chi connectivity index (χ0v) is 25.7. The van der Waals surface area contributed by atoms with Gasteiger partial charge in [-0.1, -0.05) is 35.9 Å². The van der Waals surface area contributed by atoms with Gasteiger partial charge in [0.2, 0.25) is 5.78 Å². The lowest BCUT2D eigenvalue weighted by molar-refractivity contribution is -0.252. The van der Waals surface area contributed by atoms with Crippen molar-refractivity contribution in [3.63, 3.8) is 0 Å². The van der Waals surface area contributed by atoms with Gasteiger partial charge in [-0.2, -0.15) is 4.39 Å². The highest BCUT2D eigenvalue weighted by Gasteiger charge is 2.48. The molecule has 5 rings (SSSR count). The third-order valence-electron chi connectivity index (χ3n) is 8.58. The number of methoxy groups -OCH3 is 1. The van der Waals surface area contributed by atoms with Crippen LogP contribution in [0.25, 0.3) is 10.9 Å². The Morgan fingerprint density at radius 3 is 2.42 bits per heavy atom. The zero-order valence-electron chi connectivity index (χ0n) is 24.9. The molecule has 10 heteroatoms. The summed E-state index contributed by atoms with van der Waals surface area (Å²) in [4.78, 5) is 40.2. The summed E-state index contributed by atoms with van der Waals surface area (Å²) in [5.41, 5.74) is 2.41. The molecule has 0 bridgehead atoms. The van der Waals surface area contributed by atoms with E-state index in [1.54, 1.807) is 18.2 Å². The molecule has 2 aliphatic rings. The van der Waals surface area contributed by atoms with E-state index in [9.17, 15) is 14.4 Å². The maximum absolute atomic E-state index is 16.6. The van der Waals surface area contributed by atoms with E-state index < -0.39 is 17.9 Å². The van der Waals surface area contributed by atoms with Gasteiger partial charge in [-0.25, -0.2) is 4.90 Å². The third-order valence-corrected chi connectivity index (χ3v) is 8.89. The molecule has 1 N–H and O–H groups in total. The summed E-state index contributed by atoms with van der Waals surface area (Å²) >= 11 is 6.56. The number of carbonyl (C=O) groups is 3. The topological polar surface area (TPSA) is 89.9 Å². The van der Waals surface area contributed by atoms with Crippen LogP contribution in [0.2, 0.25) is 5.02 Å². The summed E-state index contributed by atoms with van der Waals surface area (Å²) in [6, 6.07) is 12.8. The van der Waals surface area contributed by atoms with Crippen molar-refractivity contribution in [1.82, 2.24) is 9.47 Å². The predicted octanol–water partition coefficient (Wildman–Crippen LogP) is 6.71. The van der Waals surface area contributed by atoms with Gasteiger partial charge in [0.25, 0.3) is 5.91 Å². The van der Waals surface area contributed by atoms with Gasteiger partial charge in [-0.15, -0.1) is 0 Å². The molecule has 0 radical (unpaired) electrons. The van der Waals surface area contributed by atoms with Crippen molar-refractivity contribution < 1.29 is 28.2 Å². The molecule has 1 atom stereocenters. The van der Waals surface area contributed by atoms with Crippen LogP contribution in [0.15, 0.2) is 48.7 Å². The van der Waals surface area contributed by atoms with Crippen molar-refractivity contribution in [2.24, 2.45) is 5.92 Å². The molecule has 8 nitrogen and oxygen atoms in total. The van der Waals surface area contributed by atoms with E-state index in [0.717, 1.165) is 23.7 Å². The Hall–Kier alpha value is -3.27. The Kier molecular flexibility index (Phi) is 9.54. The first-order valence-corrected chi connectivity index (χ1v) is 15.4. The number of likely N-dealkylation sites (tertiary alicyclic amines) is 1. The van der Waals surface area contributed by atoms with E-state index in [4.69, 9.17) is 21.1 Å². The highest BCUT2D eigenvalue weighted by molar-refractivity contribution is 6.34. The van der Waals surface area contributed by atoms with E-state index in [-0.39, 0.29) is 35.3 Å². The van der Waals surface area contributed by atoms with Crippen LogP contribution in [0, 0.1) is 5.92 Å². The van der Waals surface area contributed by atoms with Gasteiger partial charge in [0.15, 0.2) is 0 Å². The fourth-order valence-electron chi connectivity index (χ4n) is 6.19. The smallest absolute Gasteiger partial charge is 0.330 e. The lowest BCUT2D eigenvalue weighted by atomic mass is 9.87. The minimum absolute atomic E-state index is 0.175. The number of Topliss-reactive ketones (excluding diaryl/α,β-unsaturated/α-hetero) is 1. The number of hydrogen-bond acceptors (Lipinski definition) is 6. The molecule has 1 amide bonds. The number of rotatable bonds is 10. The third kappa shape index (κ3) is 6.64. The van der Waals surface area contributed by atoms with Gasteiger partial charge >= 0.3 is 11.9 Å².